The fourth-order valence-electron chi connectivity index (χ4n) is 2.66. The molecule has 0 N–H and O–H groups in total. The molecule has 0 heterocycles. The summed E-state index contributed by atoms with van der Waals surface area (Å²) in [5.74, 6) is 1.37. The summed E-state index contributed by atoms with van der Waals surface area (Å²) in [5.41, 5.74) is 1.96. The molecule has 6 heteroatoms. The highest BCUT2D eigenvalue weighted by Crippen LogP contribution is 2.37. The highest BCUT2D eigenvalue weighted by molar-refractivity contribution is 6.74. The minimum Gasteiger partial charge on any atom is -0.543 e. The molecule has 162 valence electrons. The third kappa shape index (κ3) is 5.45. The first-order valence-corrected chi connectivity index (χ1v) is 12.7. The molecule has 0 bridgehead atoms. The van der Waals surface area contributed by atoms with Crippen LogP contribution in [0.4, 0.5) is 0 Å². The molecule has 0 atom stereocenters. The van der Waals surface area contributed by atoms with E-state index in [0.29, 0.717) is 22.6 Å². The predicted molar refractivity (Wildman–Crippen MR) is 124 cm³/mol. The Morgan fingerprint density at radius 1 is 0.933 bits per heavy atom. The SMILES string of the molecule is COC(=O)c1c(C=Cc2cccc(O[Si](C)(C)C(C)(C)C)c2)cc(OC)cc1OC. The first-order chi connectivity index (χ1) is 14.0. The Hall–Kier alpha value is -2.73. The van der Waals surface area contributed by atoms with Crippen molar-refractivity contribution in [3.63, 3.8) is 0 Å². The first kappa shape index (κ1) is 23.5. The van der Waals surface area contributed by atoms with Crippen LogP contribution in [-0.2, 0) is 4.74 Å². The Bertz CT molecular complexity index is 926. The summed E-state index contributed by atoms with van der Waals surface area (Å²) in [5, 5.41) is 0.116. The minimum absolute atomic E-state index is 0.116. The lowest BCUT2D eigenvalue weighted by atomic mass is 10.0. The fourth-order valence-corrected chi connectivity index (χ4v) is 3.68. The lowest BCUT2D eigenvalue weighted by Gasteiger charge is -2.36. The van der Waals surface area contributed by atoms with Crippen LogP contribution in [0.3, 0.4) is 0 Å². The molecule has 2 aromatic rings. The average molecular weight is 429 g/mol. The van der Waals surface area contributed by atoms with Gasteiger partial charge in [0, 0.05) is 6.07 Å². The zero-order valence-electron chi connectivity index (χ0n) is 19.2. The summed E-state index contributed by atoms with van der Waals surface area (Å²) in [4.78, 5) is 12.3. The quantitative estimate of drug-likeness (QED) is 0.305. The lowest BCUT2D eigenvalue weighted by Crippen LogP contribution is -2.43. The lowest BCUT2D eigenvalue weighted by molar-refractivity contribution is 0.0597. The van der Waals surface area contributed by atoms with E-state index in [9.17, 15) is 4.79 Å². The van der Waals surface area contributed by atoms with Crippen molar-refractivity contribution in [3.05, 3.63) is 53.1 Å². The van der Waals surface area contributed by atoms with E-state index in [1.54, 1.807) is 19.2 Å². The Labute approximate surface area is 180 Å². The van der Waals surface area contributed by atoms with Crippen LogP contribution in [-0.4, -0.2) is 35.6 Å². The zero-order valence-corrected chi connectivity index (χ0v) is 20.2. The maximum atomic E-state index is 12.3. The third-order valence-corrected chi connectivity index (χ3v) is 9.80. The molecule has 0 aliphatic heterocycles. The van der Waals surface area contributed by atoms with Crippen LogP contribution in [0.5, 0.6) is 17.2 Å². The van der Waals surface area contributed by atoms with E-state index < -0.39 is 14.3 Å². The summed E-state index contributed by atoms with van der Waals surface area (Å²) >= 11 is 0. The molecule has 2 rings (SSSR count). The monoisotopic (exact) mass is 428 g/mol. The van der Waals surface area contributed by atoms with Gasteiger partial charge in [-0.25, -0.2) is 4.79 Å². The largest absolute Gasteiger partial charge is 0.543 e. The van der Waals surface area contributed by atoms with Crippen molar-refractivity contribution in [2.24, 2.45) is 0 Å². The second-order valence-corrected chi connectivity index (χ2v) is 13.3. The van der Waals surface area contributed by atoms with Crippen molar-refractivity contribution in [2.75, 3.05) is 21.3 Å². The second-order valence-electron chi connectivity index (χ2n) is 8.55. The normalized spacial score (nSPS) is 12.0. The number of esters is 1. The van der Waals surface area contributed by atoms with Crippen molar-refractivity contribution in [1.29, 1.82) is 0 Å². The topological polar surface area (TPSA) is 54.0 Å². The van der Waals surface area contributed by atoms with Crippen LogP contribution in [0.2, 0.25) is 18.1 Å². The van der Waals surface area contributed by atoms with E-state index >= 15 is 0 Å². The van der Waals surface area contributed by atoms with Crippen LogP contribution >= 0.6 is 0 Å². The smallest absolute Gasteiger partial charge is 0.342 e. The maximum Gasteiger partial charge on any atom is 0.342 e. The molecule has 5 nitrogen and oxygen atoms in total. The molecule has 0 saturated carbocycles. The minimum atomic E-state index is -1.93. The van der Waals surface area contributed by atoms with Gasteiger partial charge in [0.05, 0.1) is 21.3 Å². The van der Waals surface area contributed by atoms with E-state index in [1.807, 2.05) is 36.4 Å². The van der Waals surface area contributed by atoms with Crippen LogP contribution in [0.1, 0.15) is 42.3 Å². The Kier molecular flexibility index (Phi) is 7.37. The number of carbonyl (C=O) groups is 1. The summed E-state index contributed by atoms with van der Waals surface area (Å²) in [6.07, 6.45) is 3.78. The molecule has 0 fully saturated rings. The summed E-state index contributed by atoms with van der Waals surface area (Å²) in [6.45, 7) is 11.1. The standard InChI is InChI=1S/C24H32O5Si/c1-24(2,3)30(7,8)29-19-11-9-10-17(14-19)12-13-18-15-20(26-4)16-21(27-5)22(18)23(25)28-6/h9-16H,1-8H3. The molecule has 0 aliphatic rings. The zero-order chi connectivity index (χ0) is 22.5. The van der Waals surface area contributed by atoms with Crippen LogP contribution < -0.4 is 13.9 Å². The van der Waals surface area contributed by atoms with E-state index in [2.05, 4.69) is 33.9 Å². The highest BCUT2D eigenvalue weighted by Gasteiger charge is 2.38. The van der Waals surface area contributed by atoms with E-state index in [-0.39, 0.29) is 5.04 Å². The van der Waals surface area contributed by atoms with Crippen LogP contribution in [0.25, 0.3) is 12.2 Å². The molecule has 0 saturated heterocycles. The van der Waals surface area contributed by atoms with Gasteiger partial charge in [-0.15, -0.1) is 0 Å². The van der Waals surface area contributed by atoms with Crippen molar-refractivity contribution in [2.45, 2.75) is 38.9 Å². The van der Waals surface area contributed by atoms with Gasteiger partial charge in [-0.2, -0.15) is 0 Å². The van der Waals surface area contributed by atoms with Crippen molar-refractivity contribution >= 4 is 26.4 Å². The molecule has 0 unspecified atom stereocenters. The summed E-state index contributed by atoms with van der Waals surface area (Å²) < 4.78 is 22.1. The van der Waals surface area contributed by atoms with Gasteiger partial charge in [0.15, 0.2) is 0 Å². The first-order valence-electron chi connectivity index (χ1n) is 9.84. The third-order valence-electron chi connectivity index (χ3n) is 5.44. The maximum absolute atomic E-state index is 12.3. The average Bonchev–Trinajstić information content (AvgIpc) is 2.69. The van der Waals surface area contributed by atoms with Crippen molar-refractivity contribution < 1.29 is 23.4 Å². The van der Waals surface area contributed by atoms with Crippen LogP contribution in [0, 0.1) is 0 Å². The Balaban J connectivity index is 2.42. The number of ether oxygens (including phenoxy) is 3. The molecule has 0 amide bonds. The molecule has 30 heavy (non-hydrogen) atoms. The molecule has 0 radical (unpaired) electrons. The van der Waals surface area contributed by atoms with E-state index in [1.165, 1.54) is 14.2 Å². The van der Waals surface area contributed by atoms with Crippen molar-refractivity contribution in [3.8, 4) is 17.2 Å². The van der Waals surface area contributed by atoms with Gasteiger partial charge >= 0.3 is 5.97 Å². The molecule has 0 aliphatic carbocycles. The van der Waals surface area contributed by atoms with Gasteiger partial charge in [0.25, 0.3) is 0 Å². The molecular weight excluding hydrogens is 396 g/mol. The van der Waals surface area contributed by atoms with E-state index in [0.717, 1.165) is 11.3 Å². The van der Waals surface area contributed by atoms with Crippen molar-refractivity contribution in [1.82, 2.24) is 0 Å². The number of hydrogen-bond donors (Lipinski definition) is 0. The van der Waals surface area contributed by atoms with Gasteiger partial charge < -0.3 is 18.6 Å². The number of methoxy groups -OCH3 is 3. The second kappa shape index (κ2) is 9.39. The van der Waals surface area contributed by atoms with E-state index in [4.69, 9.17) is 18.6 Å². The van der Waals surface area contributed by atoms with Gasteiger partial charge in [-0.3, -0.25) is 0 Å². The number of benzene rings is 2. The van der Waals surface area contributed by atoms with Gasteiger partial charge in [-0.1, -0.05) is 45.1 Å². The summed E-state index contributed by atoms with van der Waals surface area (Å²) in [7, 11) is 2.50. The molecule has 0 aromatic heterocycles. The van der Waals surface area contributed by atoms with Gasteiger partial charge in [-0.05, 0) is 47.5 Å². The molecule has 2 aromatic carbocycles. The molecular formula is C24H32O5Si. The number of rotatable bonds is 7. The highest BCUT2D eigenvalue weighted by atomic mass is 28.4. The summed E-state index contributed by atoms with van der Waals surface area (Å²) in [6, 6.07) is 11.4. The predicted octanol–water partition coefficient (Wildman–Crippen LogP) is 6.04. The fraction of sp³-hybridized carbons (Fsp3) is 0.375. The Morgan fingerprint density at radius 3 is 2.20 bits per heavy atom. The van der Waals surface area contributed by atoms with Gasteiger partial charge in [0.1, 0.15) is 22.8 Å². The van der Waals surface area contributed by atoms with Crippen LogP contribution in [0.15, 0.2) is 36.4 Å². The van der Waals surface area contributed by atoms with Gasteiger partial charge in [0.2, 0.25) is 8.32 Å². The number of carbonyl (C=O) groups excluding carboxylic acids is 1. The number of hydrogen-bond acceptors (Lipinski definition) is 5. The Morgan fingerprint density at radius 2 is 1.63 bits per heavy atom. The molecule has 0 spiro atoms.